The number of carbonyl (C=O) groups is 1. The maximum absolute atomic E-state index is 13.0. The number of rotatable bonds is 4. The van der Waals surface area contributed by atoms with Gasteiger partial charge in [-0.15, -0.1) is 0 Å². The van der Waals surface area contributed by atoms with Crippen LogP contribution in [0.5, 0.6) is 5.75 Å². The van der Waals surface area contributed by atoms with Crippen LogP contribution in [-0.2, 0) is 0 Å². The molecule has 0 radical (unpaired) electrons. The second-order valence-electron chi connectivity index (χ2n) is 4.56. The van der Waals surface area contributed by atoms with Crippen molar-refractivity contribution >= 4 is 5.78 Å². The average molecular weight is 257 g/mol. The fourth-order valence-electron chi connectivity index (χ4n) is 1.77. The largest absolute Gasteiger partial charge is 0.490 e. The van der Waals surface area contributed by atoms with Gasteiger partial charge in [0.05, 0.1) is 12.3 Å². The van der Waals surface area contributed by atoms with Crippen molar-refractivity contribution in [3.8, 4) is 5.75 Å². The van der Waals surface area contributed by atoms with Gasteiger partial charge in [-0.3, -0.25) is 9.78 Å². The molecule has 0 amide bonds. The average Bonchev–Trinajstić information content (AvgIpc) is 3.23. The first-order chi connectivity index (χ1) is 9.22. The second kappa shape index (κ2) is 4.80. The molecule has 3 nitrogen and oxygen atoms in total. The zero-order chi connectivity index (χ0) is 13.2. The highest BCUT2D eigenvalue weighted by Gasteiger charge is 2.23. The number of ketones is 1. The van der Waals surface area contributed by atoms with Gasteiger partial charge in [-0.05, 0) is 43.2 Å². The monoisotopic (exact) mass is 257 g/mol. The van der Waals surface area contributed by atoms with E-state index in [4.69, 9.17) is 4.74 Å². The summed E-state index contributed by atoms with van der Waals surface area (Å²) in [5.41, 5.74) is 0.742. The number of hydrogen-bond donors (Lipinski definition) is 0. The van der Waals surface area contributed by atoms with Crippen molar-refractivity contribution in [3.05, 3.63) is 59.7 Å². The Labute approximate surface area is 110 Å². The number of pyridine rings is 1. The summed E-state index contributed by atoms with van der Waals surface area (Å²) in [5.74, 6) is 0.000857. The molecule has 0 atom stereocenters. The van der Waals surface area contributed by atoms with Crippen LogP contribution in [0.2, 0.25) is 0 Å². The van der Waals surface area contributed by atoms with Gasteiger partial charge < -0.3 is 4.74 Å². The van der Waals surface area contributed by atoms with Crippen LogP contribution < -0.4 is 4.74 Å². The van der Waals surface area contributed by atoms with Crippen LogP contribution in [0.4, 0.5) is 4.39 Å². The number of benzene rings is 1. The molecule has 19 heavy (non-hydrogen) atoms. The minimum absolute atomic E-state index is 0.245. The van der Waals surface area contributed by atoms with Gasteiger partial charge in [0, 0.05) is 17.3 Å². The molecule has 1 fully saturated rings. The van der Waals surface area contributed by atoms with Crippen molar-refractivity contribution < 1.29 is 13.9 Å². The summed E-state index contributed by atoms with van der Waals surface area (Å²) in [5, 5.41) is 0. The topological polar surface area (TPSA) is 39.2 Å². The van der Waals surface area contributed by atoms with Crippen molar-refractivity contribution in [3.63, 3.8) is 0 Å². The number of nitrogens with zero attached hydrogens (tertiary/aromatic N) is 1. The lowest BCUT2D eigenvalue weighted by atomic mass is 10.1. The Morgan fingerprint density at radius 2 is 1.89 bits per heavy atom. The fraction of sp³-hybridized carbons (Fsp3) is 0.200. The maximum Gasteiger partial charge on any atom is 0.194 e. The number of aromatic nitrogens is 1. The van der Waals surface area contributed by atoms with Crippen LogP contribution in [0.3, 0.4) is 0 Å². The second-order valence-corrected chi connectivity index (χ2v) is 4.56. The van der Waals surface area contributed by atoms with E-state index in [-0.39, 0.29) is 11.3 Å². The third-order valence-electron chi connectivity index (χ3n) is 2.91. The van der Waals surface area contributed by atoms with Gasteiger partial charge in [0.1, 0.15) is 11.6 Å². The van der Waals surface area contributed by atoms with E-state index in [0.717, 1.165) is 24.8 Å². The first kappa shape index (κ1) is 11.8. The van der Waals surface area contributed by atoms with Crippen molar-refractivity contribution in [2.75, 3.05) is 0 Å². The smallest absolute Gasteiger partial charge is 0.194 e. The molecular formula is C15H12FNO2. The van der Waals surface area contributed by atoms with E-state index in [1.54, 1.807) is 24.3 Å². The lowest BCUT2D eigenvalue weighted by molar-refractivity contribution is 0.103. The molecule has 0 bridgehead atoms. The standard InChI is InChI=1S/C15H12FNO2/c16-12-7-11(8-17-9-12)15(18)10-1-3-13(4-2-10)19-14-5-6-14/h1-4,7-9,14H,5-6H2. The molecular weight excluding hydrogens is 245 g/mol. The van der Waals surface area contributed by atoms with Gasteiger partial charge in [0.25, 0.3) is 0 Å². The third kappa shape index (κ3) is 2.78. The number of ether oxygens (including phenoxy) is 1. The highest BCUT2D eigenvalue weighted by atomic mass is 19.1. The summed E-state index contributed by atoms with van der Waals surface area (Å²) in [6.45, 7) is 0. The molecule has 1 aliphatic carbocycles. The summed E-state index contributed by atoms with van der Waals surface area (Å²) in [7, 11) is 0. The normalized spacial score (nSPS) is 14.2. The van der Waals surface area contributed by atoms with Crippen LogP contribution >= 0.6 is 0 Å². The Hall–Kier alpha value is -2.23. The molecule has 0 N–H and O–H groups in total. The molecule has 96 valence electrons. The van der Waals surface area contributed by atoms with Crippen molar-refractivity contribution in [2.24, 2.45) is 0 Å². The highest BCUT2D eigenvalue weighted by Crippen LogP contribution is 2.27. The Morgan fingerprint density at radius 1 is 1.16 bits per heavy atom. The fourth-order valence-corrected chi connectivity index (χ4v) is 1.77. The third-order valence-corrected chi connectivity index (χ3v) is 2.91. The molecule has 0 unspecified atom stereocenters. The van der Waals surface area contributed by atoms with Gasteiger partial charge >= 0.3 is 0 Å². The molecule has 3 rings (SSSR count). The van der Waals surface area contributed by atoms with E-state index >= 15 is 0 Å². The molecule has 1 aromatic heterocycles. The molecule has 1 aromatic carbocycles. The van der Waals surface area contributed by atoms with E-state index in [9.17, 15) is 9.18 Å². The van der Waals surface area contributed by atoms with E-state index < -0.39 is 5.82 Å². The molecule has 0 spiro atoms. The summed E-state index contributed by atoms with van der Waals surface area (Å²) < 4.78 is 18.6. The van der Waals surface area contributed by atoms with Crippen molar-refractivity contribution in [2.45, 2.75) is 18.9 Å². The van der Waals surface area contributed by atoms with E-state index in [0.29, 0.717) is 11.7 Å². The molecule has 1 aliphatic rings. The summed E-state index contributed by atoms with van der Waals surface area (Å²) in [6, 6.07) is 8.08. The predicted molar refractivity (Wildman–Crippen MR) is 67.7 cm³/mol. The number of halogens is 1. The Balaban J connectivity index is 1.79. The molecule has 0 saturated heterocycles. The van der Waals surface area contributed by atoms with Crippen molar-refractivity contribution in [1.29, 1.82) is 0 Å². The van der Waals surface area contributed by atoms with Gasteiger partial charge in [-0.1, -0.05) is 0 Å². The molecule has 4 heteroatoms. The summed E-state index contributed by atoms with van der Waals surface area (Å²) >= 11 is 0. The van der Waals surface area contributed by atoms with Crippen LogP contribution in [0, 0.1) is 5.82 Å². The van der Waals surface area contributed by atoms with E-state index in [1.807, 2.05) is 0 Å². The quantitative estimate of drug-likeness (QED) is 0.790. The van der Waals surface area contributed by atoms with E-state index in [2.05, 4.69) is 4.98 Å². The van der Waals surface area contributed by atoms with Gasteiger partial charge in [-0.2, -0.15) is 0 Å². The van der Waals surface area contributed by atoms with Crippen LogP contribution in [0.25, 0.3) is 0 Å². The van der Waals surface area contributed by atoms with Crippen LogP contribution in [-0.4, -0.2) is 16.9 Å². The van der Waals surface area contributed by atoms with Gasteiger partial charge in [0.2, 0.25) is 0 Å². The first-order valence-electron chi connectivity index (χ1n) is 6.14. The number of carbonyl (C=O) groups excluding carboxylic acids is 1. The minimum Gasteiger partial charge on any atom is -0.490 e. The molecule has 2 aromatic rings. The molecule has 1 heterocycles. The summed E-state index contributed by atoms with van der Waals surface area (Å²) in [6.07, 6.45) is 4.95. The van der Waals surface area contributed by atoms with Gasteiger partial charge in [0.15, 0.2) is 5.78 Å². The lowest BCUT2D eigenvalue weighted by Crippen LogP contribution is -2.03. The molecule has 1 saturated carbocycles. The van der Waals surface area contributed by atoms with Crippen LogP contribution in [0.15, 0.2) is 42.7 Å². The van der Waals surface area contributed by atoms with E-state index in [1.165, 1.54) is 12.3 Å². The maximum atomic E-state index is 13.0. The van der Waals surface area contributed by atoms with Crippen LogP contribution in [0.1, 0.15) is 28.8 Å². The summed E-state index contributed by atoms with van der Waals surface area (Å²) in [4.78, 5) is 15.8. The predicted octanol–water partition coefficient (Wildman–Crippen LogP) is 2.99. The number of hydrogen-bond acceptors (Lipinski definition) is 3. The minimum atomic E-state index is -0.514. The zero-order valence-electron chi connectivity index (χ0n) is 10.2. The molecule has 0 aliphatic heterocycles. The SMILES string of the molecule is O=C(c1ccc(OC2CC2)cc1)c1cncc(F)c1. The highest BCUT2D eigenvalue weighted by molar-refractivity contribution is 6.08. The Morgan fingerprint density at radius 3 is 2.53 bits per heavy atom. The lowest BCUT2D eigenvalue weighted by Gasteiger charge is -2.05. The first-order valence-corrected chi connectivity index (χ1v) is 6.14. The van der Waals surface area contributed by atoms with Crippen molar-refractivity contribution in [1.82, 2.24) is 4.98 Å². The Bertz CT molecular complexity index is 606. The Kier molecular flexibility index (Phi) is 2.99. The zero-order valence-corrected chi connectivity index (χ0v) is 10.2. The van der Waals surface area contributed by atoms with Gasteiger partial charge in [-0.25, -0.2) is 4.39 Å².